The molecule has 0 heterocycles. The van der Waals surface area contributed by atoms with E-state index in [1.165, 1.54) is 0 Å². The Kier molecular flexibility index (Phi) is 29.7. The van der Waals surface area contributed by atoms with Crippen molar-refractivity contribution in [1.29, 1.82) is 10.5 Å². The van der Waals surface area contributed by atoms with Gasteiger partial charge in [0.05, 0.1) is 18.5 Å². The van der Waals surface area contributed by atoms with Crippen LogP contribution < -0.4 is 0 Å². The lowest BCUT2D eigenvalue weighted by atomic mass is 10.4. The van der Waals surface area contributed by atoms with Gasteiger partial charge in [-0.2, -0.15) is 10.5 Å². The summed E-state index contributed by atoms with van der Waals surface area (Å²) in [5, 5.41) is 29.5. The highest BCUT2D eigenvalue weighted by Gasteiger charge is 1.72. The van der Waals surface area contributed by atoms with Crippen LogP contribution in [0.25, 0.3) is 0 Å². The van der Waals surface area contributed by atoms with E-state index in [0.717, 1.165) is 0 Å². The summed E-state index contributed by atoms with van der Waals surface area (Å²) >= 11 is 0. The van der Waals surface area contributed by atoms with E-state index in [1.807, 2.05) is 12.1 Å². The third-order valence-electron chi connectivity index (χ3n) is 0.349. The fraction of sp³-hybridized carbons (Fsp3) is 0.286. The van der Waals surface area contributed by atoms with Gasteiger partial charge in [0.2, 0.25) is 0 Å². The second-order valence-electron chi connectivity index (χ2n) is 1.25. The highest BCUT2D eigenvalue weighted by atomic mass is 19.1. The summed E-state index contributed by atoms with van der Waals surface area (Å²) in [5.41, 5.74) is 0. The fourth-order valence-corrected chi connectivity index (χ4v) is 0.112. The van der Waals surface area contributed by atoms with Gasteiger partial charge in [-0.05, 0) is 0 Å². The zero-order valence-electron chi connectivity index (χ0n) is 6.77. The van der Waals surface area contributed by atoms with E-state index in [2.05, 4.69) is 6.58 Å². The van der Waals surface area contributed by atoms with Crippen LogP contribution in [-0.4, -0.2) is 16.4 Å². The van der Waals surface area contributed by atoms with Crippen molar-refractivity contribution in [3.05, 3.63) is 12.9 Å². The molecule has 0 aliphatic heterocycles. The minimum atomic E-state index is -1.83. The zero-order valence-corrected chi connectivity index (χ0v) is 6.77. The Labute approximate surface area is 75.0 Å². The van der Waals surface area contributed by atoms with Gasteiger partial charge in [0, 0.05) is 12.8 Å². The number of halogens is 1. The van der Waals surface area contributed by atoms with E-state index < -0.39 is 6.16 Å². The van der Waals surface area contributed by atoms with E-state index in [0.29, 0.717) is 12.8 Å². The molecule has 0 saturated heterocycles. The molecule has 0 atom stereocenters. The predicted octanol–water partition coefficient (Wildman–Crippen LogP) is 2.14. The van der Waals surface area contributed by atoms with Crippen LogP contribution >= 0.6 is 0 Å². The minimum Gasteiger partial charge on any atom is -0.450 e. The summed E-state index contributed by atoms with van der Waals surface area (Å²) in [5.74, 6) is 0. The topological polar surface area (TPSA) is 105 Å². The molecule has 6 heteroatoms. The van der Waals surface area contributed by atoms with Gasteiger partial charge in [-0.25, -0.2) is 9.18 Å². The number of carboxylic acid groups (broad SMARTS) is 2. The van der Waals surface area contributed by atoms with Gasteiger partial charge >= 0.3 is 6.16 Å². The molecule has 72 valence electrons. The van der Waals surface area contributed by atoms with Crippen molar-refractivity contribution in [2.45, 2.75) is 12.8 Å². The maximum atomic E-state index is 10.1. The molecule has 0 spiro atoms. The Morgan fingerprint density at radius 2 is 1.54 bits per heavy atom. The Balaban J connectivity index is -0.000000125. The number of nitriles is 2. The first kappa shape index (κ1) is 17.1. The smallest absolute Gasteiger partial charge is 0.450 e. The normalized spacial score (nSPS) is 5.46. The molecule has 0 amide bonds. The van der Waals surface area contributed by atoms with Crippen LogP contribution in [0.4, 0.5) is 9.18 Å². The number of unbranched alkanes of at least 4 members (excludes halogenated alkanes) is 1. The number of hydrogen-bond donors (Lipinski definition) is 2. The predicted molar refractivity (Wildman–Crippen MR) is 42.4 cm³/mol. The van der Waals surface area contributed by atoms with Crippen molar-refractivity contribution in [2.75, 3.05) is 0 Å². The third kappa shape index (κ3) is 735. The molecule has 0 saturated carbocycles. The van der Waals surface area contributed by atoms with Gasteiger partial charge in [0.15, 0.2) is 0 Å². The maximum absolute atomic E-state index is 10.1. The quantitative estimate of drug-likeness (QED) is 0.613. The van der Waals surface area contributed by atoms with Crippen molar-refractivity contribution in [3.8, 4) is 12.1 Å². The van der Waals surface area contributed by atoms with Gasteiger partial charge in [0.25, 0.3) is 0 Å². The molecule has 0 rings (SSSR count). The van der Waals surface area contributed by atoms with Crippen LogP contribution in [-0.2, 0) is 0 Å². The molecular formula is C7H9FN2O3. The first-order valence-corrected chi connectivity index (χ1v) is 2.93. The fourth-order valence-electron chi connectivity index (χ4n) is 0.112. The van der Waals surface area contributed by atoms with E-state index in [4.69, 9.17) is 25.5 Å². The summed E-state index contributed by atoms with van der Waals surface area (Å²) < 4.78 is 10.1. The molecule has 0 fully saturated rings. The first-order chi connectivity index (χ1) is 6.06. The molecule has 5 nitrogen and oxygen atoms in total. The Hall–Kier alpha value is -2.08. The highest BCUT2D eigenvalue weighted by molar-refractivity contribution is 5.53. The second kappa shape index (κ2) is 22.5. The SMILES string of the molecule is C=CF.N#CCCC#N.O=C(O)O. The van der Waals surface area contributed by atoms with E-state index in [1.54, 1.807) is 0 Å². The monoisotopic (exact) mass is 188 g/mol. The van der Waals surface area contributed by atoms with E-state index in [-0.39, 0.29) is 6.33 Å². The zero-order chi connectivity index (χ0) is 11.1. The molecule has 0 aromatic heterocycles. The van der Waals surface area contributed by atoms with Gasteiger partial charge in [-0.3, -0.25) is 0 Å². The minimum absolute atomic E-state index is 0.250. The number of nitrogens with zero attached hydrogens (tertiary/aromatic N) is 2. The molecule has 0 radical (unpaired) electrons. The average Bonchev–Trinajstić information content (AvgIpc) is 2.01. The summed E-state index contributed by atoms with van der Waals surface area (Å²) in [6, 6.07) is 3.69. The lowest BCUT2D eigenvalue weighted by Gasteiger charge is -1.63. The standard InChI is InChI=1S/C4H4N2.C2H3F.CH2O3/c5-3-1-2-4-6;1-2-3;2-1(3)4/h1-2H2;2H,1H2;(H2,2,3,4). The van der Waals surface area contributed by atoms with Crippen LogP contribution in [0.3, 0.4) is 0 Å². The Morgan fingerprint density at radius 1 is 1.38 bits per heavy atom. The van der Waals surface area contributed by atoms with E-state index in [9.17, 15) is 4.39 Å². The molecule has 0 aliphatic rings. The van der Waals surface area contributed by atoms with Crippen molar-refractivity contribution in [1.82, 2.24) is 0 Å². The molecule has 0 unspecified atom stereocenters. The van der Waals surface area contributed by atoms with Crippen molar-refractivity contribution < 1.29 is 19.4 Å². The largest absolute Gasteiger partial charge is 0.503 e. The summed E-state index contributed by atoms with van der Waals surface area (Å²) in [6.07, 6.45) is -0.868. The molecule has 2 N–H and O–H groups in total. The molecule has 0 aromatic carbocycles. The van der Waals surface area contributed by atoms with Crippen LogP contribution in [0.1, 0.15) is 12.8 Å². The number of hydrogen-bond acceptors (Lipinski definition) is 3. The summed E-state index contributed by atoms with van der Waals surface area (Å²) in [6.45, 7) is 2.69. The van der Waals surface area contributed by atoms with Crippen LogP contribution in [0, 0.1) is 22.7 Å². The van der Waals surface area contributed by atoms with Gasteiger partial charge < -0.3 is 10.2 Å². The van der Waals surface area contributed by atoms with Gasteiger partial charge in [0.1, 0.15) is 0 Å². The third-order valence-corrected chi connectivity index (χ3v) is 0.349. The highest BCUT2D eigenvalue weighted by Crippen LogP contribution is 1.78. The Bertz CT molecular complexity index is 187. The average molecular weight is 188 g/mol. The first-order valence-electron chi connectivity index (χ1n) is 2.93. The van der Waals surface area contributed by atoms with Gasteiger partial charge in [-0.15, -0.1) is 0 Å². The van der Waals surface area contributed by atoms with Crippen molar-refractivity contribution in [3.63, 3.8) is 0 Å². The maximum Gasteiger partial charge on any atom is 0.503 e. The van der Waals surface area contributed by atoms with Crippen LogP contribution in [0.5, 0.6) is 0 Å². The lowest BCUT2D eigenvalue weighted by molar-refractivity contribution is 0.137. The molecule has 0 aliphatic carbocycles. The van der Waals surface area contributed by atoms with Gasteiger partial charge in [-0.1, -0.05) is 6.58 Å². The number of rotatable bonds is 1. The molecule has 0 aromatic rings. The molecule has 13 heavy (non-hydrogen) atoms. The summed E-state index contributed by atoms with van der Waals surface area (Å²) in [7, 11) is 0. The summed E-state index contributed by atoms with van der Waals surface area (Å²) in [4.78, 5) is 8.56. The van der Waals surface area contributed by atoms with Crippen molar-refractivity contribution in [2.24, 2.45) is 0 Å². The lowest BCUT2D eigenvalue weighted by Crippen LogP contribution is -1.81. The van der Waals surface area contributed by atoms with E-state index >= 15 is 0 Å². The Morgan fingerprint density at radius 3 is 1.62 bits per heavy atom. The molecular weight excluding hydrogens is 179 g/mol. The molecule has 0 bridgehead atoms. The van der Waals surface area contributed by atoms with Crippen LogP contribution in [0.15, 0.2) is 12.9 Å². The van der Waals surface area contributed by atoms with Crippen molar-refractivity contribution >= 4 is 6.16 Å². The second-order valence-corrected chi connectivity index (χ2v) is 1.25. The number of carbonyl (C=O) groups is 1. The van der Waals surface area contributed by atoms with Crippen LogP contribution in [0.2, 0.25) is 0 Å².